The number of aromatic nitrogens is 3. The van der Waals surface area contributed by atoms with Crippen LogP contribution in [0.5, 0.6) is 23.1 Å². The number of nitrogens with two attached hydrogens (primary N) is 1. The first kappa shape index (κ1) is 56.8. The average molecular weight is 1100 g/mol. The van der Waals surface area contributed by atoms with Gasteiger partial charge in [0, 0.05) is 104 Å². The average Bonchev–Trinajstić information content (AvgIpc) is 3.70. The molecular formula is C49H66N12O15S. The smallest absolute Gasteiger partial charge is 0.476 e. The third kappa shape index (κ3) is 15.0. The highest BCUT2D eigenvalue weighted by Crippen LogP contribution is 2.40. The van der Waals surface area contributed by atoms with Crippen molar-refractivity contribution in [1.82, 2.24) is 30.7 Å². The lowest BCUT2D eigenvalue weighted by Crippen LogP contribution is -2.60. The maximum absolute atomic E-state index is 14.0. The molecule has 6 heterocycles. The van der Waals surface area contributed by atoms with Crippen molar-refractivity contribution in [2.45, 2.75) is 68.6 Å². The number of nitrogen functional groups attached to an aromatic ring is 1. The third-order valence-electron chi connectivity index (χ3n) is 13.4. The molecule has 1 amide bonds. The van der Waals surface area contributed by atoms with Gasteiger partial charge in [0.1, 0.15) is 31.0 Å². The fourth-order valence-electron chi connectivity index (χ4n) is 9.54. The number of benzene rings is 2. The molecule has 4 aromatic rings. The van der Waals surface area contributed by atoms with Crippen LogP contribution in [-0.2, 0) is 29.3 Å². The highest BCUT2D eigenvalue weighted by Gasteiger charge is 2.45. The summed E-state index contributed by atoms with van der Waals surface area (Å²) in [6.07, 6.45) is -4.87. The van der Waals surface area contributed by atoms with Gasteiger partial charge < -0.3 is 83.4 Å². The molecule has 0 spiro atoms. The molecule has 8 N–H and O–H groups in total. The van der Waals surface area contributed by atoms with Crippen LogP contribution in [0.25, 0.3) is 21.7 Å². The molecule has 27 nitrogen and oxygen atoms in total. The zero-order chi connectivity index (χ0) is 54.3. The first-order valence-electron chi connectivity index (χ1n) is 25.4. The molecule has 8 atom stereocenters. The molecule has 2 unspecified atom stereocenters. The second kappa shape index (κ2) is 27.3. The quantitative estimate of drug-likeness (QED) is 0.0186. The van der Waals surface area contributed by atoms with E-state index in [1.54, 1.807) is 30.5 Å². The summed E-state index contributed by atoms with van der Waals surface area (Å²) >= 11 is 0. The first-order valence-corrected chi connectivity index (χ1v) is 26.7. The van der Waals surface area contributed by atoms with Crippen molar-refractivity contribution in [3.63, 3.8) is 0 Å². The van der Waals surface area contributed by atoms with Gasteiger partial charge in [0.15, 0.2) is 23.1 Å². The number of nitrogens with one attached hydrogen (secondary N) is 2. The van der Waals surface area contributed by atoms with Crippen molar-refractivity contribution < 1.29 is 70.4 Å². The van der Waals surface area contributed by atoms with Crippen LogP contribution >= 0.6 is 0 Å². The van der Waals surface area contributed by atoms with E-state index in [0.29, 0.717) is 50.5 Å². The third-order valence-corrected chi connectivity index (χ3v) is 14.2. The van der Waals surface area contributed by atoms with Gasteiger partial charge in [-0.05, 0) is 67.8 Å². The summed E-state index contributed by atoms with van der Waals surface area (Å²) in [5.74, 6) is -1.10. The maximum atomic E-state index is 14.0. The number of aliphatic hydroxyl groups is 4. The van der Waals surface area contributed by atoms with Gasteiger partial charge in [-0.3, -0.25) is 9.69 Å². The second-order valence-corrected chi connectivity index (χ2v) is 19.7. The molecule has 4 fully saturated rings. The van der Waals surface area contributed by atoms with Crippen molar-refractivity contribution in [2.75, 3.05) is 121 Å². The number of rotatable bonds is 27. The molecule has 8 rings (SSSR count). The number of hydrogen-bond acceptors (Lipinski definition) is 24. The van der Waals surface area contributed by atoms with E-state index >= 15 is 0 Å². The minimum absolute atomic E-state index is 0.0473. The highest BCUT2D eigenvalue weighted by molar-refractivity contribution is 7.82. The standard InChI is InChI=1S/C49H66N12O15S/c1-31-27-52-12-15-59(31)16-19-72-43-25-33(10-11-53-43)61-34-7-8-35(61)29-60(28-34)38-26-37(56-57-47(38)50)36-4-2-3-5-39(36)75-77(67,68)76-41-24-32(6-9-40(41)73-49-46(65)45(64)44(63)42(30-62)74-49)48(66)54-13-17-69-20-22-71-23-21-70-18-14-55-58-51/h2-6,9-11,24-26,31,34-35,42,44-46,49,52,62-65H,7-8,12-23,27-30H2,1H3,(H2,50,57)(H,54,66)/t31-,34?,35?,42-,44+,45+,46-,49-/m1/s1. The van der Waals surface area contributed by atoms with Gasteiger partial charge in [0.2, 0.25) is 12.2 Å². The normalized spacial score (nSPS) is 23.5. The van der Waals surface area contributed by atoms with Gasteiger partial charge >= 0.3 is 10.4 Å². The van der Waals surface area contributed by atoms with Crippen LogP contribution in [0.2, 0.25) is 0 Å². The molecule has 2 bridgehead atoms. The predicted octanol–water partition coefficient (Wildman–Crippen LogP) is 0.622. The largest absolute Gasteiger partial charge is 0.501 e. The molecule has 0 radical (unpaired) electrons. The van der Waals surface area contributed by atoms with E-state index in [-0.39, 0.29) is 80.0 Å². The SMILES string of the molecule is C[C@@H]1CNCCN1CCOc1cc(N2C3CCC2CN(c2cc(-c4ccccc4OS(=O)(=O)Oc4cc(C(=O)NCCOCCOCCOCCN=[N+]=[N-])ccc4O[C@@H]4O[C@H](CO)[C@H](O)[C@H](O)[C@H]4O)nnc2N)C3)ccn1. The number of aliphatic hydroxyl groups excluding tert-OH is 4. The Bertz CT molecular complexity index is 2730. The van der Waals surface area contributed by atoms with E-state index in [1.165, 1.54) is 18.2 Å². The van der Waals surface area contributed by atoms with Gasteiger partial charge in [0.25, 0.3) is 5.91 Å². The van der Waals surface area contributed by atoms with Crippen LogP contribution in [0.1, 0.15) is 30.1 Å². The Kier molecular flexibility index (Phi) is 20.1. The Hall–Kier alpha value is -6.40. The van der Waals surface area contributed by atoms with Crippen molar-refractivity contribution in [1.29, 1.82) is 0 Å². The number of azide groups is 1. The number of carbonyl (C=O) groups is 1. The summed E-state index contributed by atoms with van der Waals surface area (Å²) in [4.78, 5) is 27.5. The highest BCUT2D eigenvalue weighted by atomic mass is 32.3. The summed E-state index contributed by atoms with van der Waals surface area (Å²) in [7, 11) is -5.12. The number of hydrogen-bond donors (Lipinski definition) is 7. The molecule has 77 heavy (non-hydrogen) atoms. The van der Waals surface area contributed by atoms with E-state index in [0.717, 1.165) is 50.8 Å². The van der Waals surface area contributed by atoms with Crippen molar-refractivity contribution >= 4 is 33.5 Å². The van der Waals surface area contributed by atoms with Crippen molar-refractivity contribution in [3.8, 4) is 34.4 Å². The van der Waals surface area contributed by atoms with E-state index in [9.17, 15) is 33.6 Å². The molecular weight excluding hydrogens is 1030 g/mol. The molecule has 4 aliphatic rings. The Morgan fingerprint density at radius 1 is 0.909 bits per heavy atom. The zero-order valence-corrected chi connectivity index (χ0v) is 43.3. The van der Waals surface area contributed by atoms with Gasteiger partial charge in [0.05, 0.1) is 57.6 Å². The topological polar surface area (TPSA) is 353 Å². The number of fused-ring (bicyclic) bond motifs is 2. The fraction of sp³-hybridized carbons (Fsp3) is 0.551. The zero-order valence-electron chi connectivity index (χ0n) is 42.5. The number of piperazine rings is 2. The van der Waals surface area contributed by atoms with Gasteiger partial charge in [-0.15, -0.1) is 18.6 Å². The Balaban J connectivity index is 0.927. The number of pyridine rings is 1. The van der Waals surface area contributed by atoms with Crippen molar-refractivity contribution in [3.05, 3.63) is 82.9 Å². The molecule has 2 aromatic heterocycles. The van der Waals surface area contributed by atoms with Crippen LogP contribution in [0.15, 0.2) is 72.0 Å². The second-order valence-electron chi connectivity index (χ2n) is 18.6. The molecule has 418 valence electrons. The van der Waals surface area contributed by atoms with Crippen LogP contribution in [0.4, 0.5) is 17.2 Å². The monoisotopic (exact) mass is 1090 g/mol. The molecule has 4 saturated heterocycles. The molecule has 28 heteroatoms. The van der Waals surface area contributed by atoms with E-state index in [4.69, 9.17) is 48.1 Å². The maximum Gasteiger partial charge on any atom is 0.501 e. The van der Waals surface area contributed by atoms with E-state index in [2.05, 4.69) is 57.5 Å². The number of ether oxygens (including phenoxy) is 6. The lowest BCUT2D eigenvalue weighted by Gasteiger charge is -2.43. The summed E-state index contributed by atoms with van der Waals surface area (Å²) in [5, 5.41) is 59.4. The van der Waals surface area contributed by atoms with Gasteiger partial charge in [-0.1, -0.05) is 17.2 Å². The lowest BCUT2D eigenvalue weighted by atomic mass is 9.99. The molecule has 0 saturated carbocycles. The minimum Gasteiger partial charge on any atom is -0.476 e. The number of nitrogens with zero attached hydrogens (tertiary/aromatic N) is 9. The van der Waals surface area contributed by atoms with Crippen LogP contribution < -0.4 is 44.0 Å². The lowest BCUT2D eigenvalue weighted by molar-refractivity contribution is -0.277. The van der Waals surface area contributed by atoms with Crippen LogP contribution in [0.3, 0.4) is 0 Å². The number of para-hydroxylation sites is 1. The Morgan fingerprint density at radius 3 is 2.40 bits per heavy atom. The first-order chi connectivity index (χ1) is 37.3. The van der Waals surface area contributed by atoms with E-state index < -0.39 is 65.1 Å². The molecule has 2 aromatic carbocycles. The summed E-state index contributed by atoms with van der Waals surface area (Å²) in [6, 6.07) is 16.1. The number of anilines is 3. The summed E-state index contributed by atoms with van der Waals surface area (Å²) in [5.41, 5.74) is 16.8. The molecule has 4 aliphatic heterocycles. The van der Waals surface area contributed by atoms with Crippen molar-refractivity contribution in [2.24, 2.45) is 5.11 Å². The summed E-state index contributed by atoms with van der Waals surface area (Å²) < 4.78 is 72.7. The number of carbonyl (C=O) groups excluding carboxylic acids is 1. The Labute approximate surface area is 445 Å². The Morgan fingerprint density at radius 2 is 1.65 bits per heavy atom. The van der Waals surface area contributed by atoms with Crippen LogP contribution in [0, 0.1) is 0 Å². The fourth-order valence-corrected chi connectivity index (χ4v) is 10.3. The van der Waals surface area contributed by atoms with Crippen LogP contribution in [-0.4, -0.2) is 209 Å². The molecule has 0 aliphatic carbocycles. The predicted molar refractivity (Wildman–Crippen MR) is 277 cm³/mol. The minimum atomic E-state index is -5.12. The number of amides is 1. The van der Waals surface area contributed by atoms with E-state index in [1.807, 2.05) is 12.1 Å². The summed E-state index contributed by atoms with van der Waals surface area (Å²) in [6.45, 7) is 8.60. The van der Waals surface area contributed by atoms with Gasteiger partial charge in [-0.25, -0.2) is 4.98 Å². The van der Waals surface area contributed by atoms with Gasteiger partial charge in [-0.2, -0.15) is 0 Å².